The zero-order valence-electron chi connectivity index (χ0n) is 9.47. The molecule has 1 N–H and O–H groups in total. The number of rotatable bonds is 3. The van der Waals surface area contributed by atoms with Gasteiger partial charge in [0.2, 0.25) is 0 Å². The van der Waals surface area contributed by atoms with E-state index in [-0.39, 0.29) is 31.6 Å². The lowest BCUT2D eigenvalue weighted by Gasteiger charge is -2.24. The lowest BCUT2D eigenvalue weighted by atomic mass is 10.3. The first-order valence-electron chi connectivity index (χ1n) is 5.25. The molecule has 1 fully saturated rings. The van der Waals surface area contributed by atoms with Crippen LogP contribution in [0.2, 0.25) is 0 Å². The Morgan fingerprint density at radius 1 is 1.35 bits per heavy atom. The van der Waals surface area contributed by atoms with Crippen LogP contribution in [0.15, 0.2) is 18.2 Å². The summed E-state index contributed by atoms with van der Waals surface area (Å²) < 4.78 is 4.83. The van der Waals surface area contributed by atoms with Gasteiger partial charge in [-0.15, -0.1) is 0 Å². The quantitative estimate of drug-likeness (QED) is 0.747. The Kier molecular flexibility index (Phi) is 3.34. The van der Waals surface area contributed by atoms with Crippen LogP contribution in [0.3, 0.4) is 0 Å². The molecule has 1 saturated heterocycles. The van der Waals surface area contributed by atoms with Crippen LogP contribution in [0.1, 0.15) is 5.69 Å². The largest absolute Gasteiger partial charge is 0.373 e. The van der Waals surface area contributed by atoms with E-state index in [4.69, 9.17) is 4.74 Å². The highest BCUT2D eigenvalue weighted by atomic mass is 16.5. The van der Waals surface area contributed by atoms with E-state index in [0.717, 1.165) is 0 Å². The van der Waals surface area contributed by atoms with Crippen LogP contribution in [-0.2, 0) is 20.9 Å². The molecule has 0 bridgehead atoms. The molecule has 2 amide bonds. The van der Waals surface area contributed by atoms with Gasteiger partial charge in [0.25, 0.3) is 11.8 Å². The summed E-state index contributed by atoms with van der Waals surface area (Å²) in [6, 6.07) is 5.41. The highest BCUT2D eigenvalue weighted by Crippen LogP contribution is 2.09. The second-order valence-corrected chi connectivity index (χ2v) is 3.63. The third kappa shape index (κ3) is 2.59. The number of hydrogen-bond donors (Lipinski definition) is 1. The predicted molar refractivity (Wildman–Crippen MR) is 60.2 cm³/mol. The number of morpholine rings is 1. The average molecular weight is 235 g/mol. The third-order valence-electron chi connectivity index (χ3n) is 2.44. The molecule has 0 atom stereocenters. The summed E-state index contributed by atoms with van der Waals surface area (Å²) >= 11 is 0. The summed E-state index contributed by atoms with van der Waals surface area (Å²) in [5, 5.41) is 2.90. The number of aromatic nitrogens is 1. The van der Waals surface area contributed by atoms with Gasteiger partial charge in [-0.1, -0.05) is 6.07 Å². The minimum absolute atomic E-state index is 0.0442. The molecule has 17 heavy (non-hydrogen) atoms. The first-order chi connectivity index (χ1) is 8.20. The van der Waals surface area contributed by atoms with Gasteiger partial charge in [-0.25, -0.2) is 4.98 Å². The number of nitrogens with zero attached hydrogens (tertiary/aromatic N) is 2. The van der Waals surface area contributed by atoms with Crippen LogP contribution in [-0.4, -0.2) is 42.0 Å². The summed E-state index contributed by atoms with van der Waals surface area (Å²) in [5.41, 5.74) is 0.667. The number of amides is 2. The number of nitrogens with one attached hydrogen (secondary N) is 1. The normalized spacial score (nSPS) is 16.2. The van der Waals surface area contributed by atoms with Gasteiger partial charge in [-0.3, -0.25) is 14.5 Å². The molecule has 6 heteroatoms. The monoisotopic (exact) mass is 235 g/mol. The predicted octanol–water partition coefficient (Wildman–Crippen LogP) is 0.00870. The lowest BCUT2D eigenvalue weighted by Crippen LogP contribution is -2.45. The first-order valence-corrected chi connectivity index (χ1v) is 5.25. The fraction of sp³-hybridized carbons (Fsp3) is 0.364. The highest BCUT2D eigenvalue weighted by Gasteiger charge is 2.26. The van der Waals surface area contributed by atoms with Crippen LogP contribution in [0.4, 0.5) is 5.82 Å². The molecule has 0 saturated carbocycles. The minimum Gasteiger partial charge on any atom is -0.373 e. The van der Waals surface area contributed by atoms with Gasteiger partial charge in [0.05, 0.1) is 12.2 Å². The Morgan fingerprint density at radius 3 is 2.71 bits per heavy atom. The summed E-state index contributed by atoms with van der Waals surface area (Å²) in [4.78, 5) is 28.4. The summed E-state index contributed by atoms with van der Waals surface area (Å²) in [5.74, 6) is 0.0616. The summed E-state index contributed by atoms with van der Waals surface area (Å²) in [7, 11) is 1.76. The number of carbonyl (C=O) groups excluding carboxylic acids is 2. The molecule has 1 aliphatic heterocycles. The number of carbonyl (C=O) groups is 2. The van der Waals surface area contributed by atoms with Crippen molar-refractivity contribution in [3.05, 3.63) is 23.9 Å². The van der Waals surface area contributed by atoms with Crippen molar-refractivity contribution in [1.82, 2.24) is 9.88 Å². The van der Waals surface area contributed by atoms with Crippen molar-refractivity contribution in [3.63, 3.8) is 0 Å². The van der Waals surface area contributed by atoms with Crippen molar-refractivity contribution in [2.75, 3.05) is 25.6 Å². The molecule has 0 aliphatic carbocycles. The van der Waals surface area contributed by atoms with Gasteiger partial charge in [0.15, 0.2) is 0 Å². The van der Waals surface area contributed by atoms with Crippen LogP contribution in [0.5, 0.6) is 0 Å². The second kappa shape index (κ2) is 4.92. The van der Waals surface area contributed by atoms with Crippen molar-refractivity contribution in [2.24, 2.45) is 0 Å². The van der Waals surface area contributed by atoms with Crippen LogP contribution in [0.25, 0.3) is 0 Å². The zero-order chi connectivity index (χ0) is 12.3. The first kappa shape index (κ1) is 11.5. The molecule has 0 aromatic carbocycles. The molecule has 1 aliphatic rings. The molecule has 1 aromatic heterocycles. The van der Waals surface area contributed by atoms with Crippen molar-refractivity contribution >= 4 is 17.6 Å². The Bertz CT molecular complexity index is 431. The van der Waals surface area contributed by atoms with Gasteiger partial charge in [-0.05, 0) is 12.1 Å². The van der Waals surface area contributed by atoms with E-state index in [1.165, 1.54) is 4.90 Å². The van der Waals surface area contributed by atoms with Crippen LogP contribution < -0.4 is 5.32 Å². The molecular weight excluding hydrogens is 222 g/mol. The fourth-order valence-corrected chi connectivity index (χ4v) is 1.57. The smallest absolute Gasteiger partial charge is 0.255 e. The minimum atomic E-state index is -0.321. The molecule has 0 unspecified atom stereocenters. The number of anilines is 1. The Morgan fingerprint density at radius 2 is 2.06 bits per heavy atom. The number of pyridine rings is 1. The molecule has 90 valence electrons. The van der Waals surface area contributed by atoms with E-state index < -0.39 is 0 Å². The number of imide groups is 1. The van der Waals surface area contributed by atoms with Gasteiger partial charge in [0, 0.05) is 7.05 Å². The van der Waals surface area contributed by atoms with Crippen molar-refractivity contribution < 1.29 is 14.3 Å². The summed E-state index contributed by atoms with van der Waals surface area (Å²) in [6.45, 7) is 0.103. The van der Waals surface area contributed by atoms with E-state index in [1.54, 1.807) is 13.1 Å². The number of ether oxygens (including phenoxy) is 1. The van der Waals surface area contributed by atoms with Crippen LogP contribution >= 0.6 is 0 Å². The standard InChI is InChI=1S/C11H13N3O3/c1-12-9-4-2-3-8(13-9)5-14-10(15)6-17-7-11(14)16/h2-4H,5-7H2,1H3,(H,12,13). The molecular formula is C11H13N3O3. The van der Waals surface area contributed by atoms with Crippen molar-refractivity contribution in [3.8, 4) is 0 Å². The molecule has 1 aromatic rings. The maximum absolute atomic E-state index is 11.5. The lowest BCUT2D eigenvalue weighted by molar-refractivity contribution is -0.159. The second-order valence-electron chi connectivity index (χ2n) is 3.63. The fourth-order valence-electron chi connectivity index (χ4n) is 1.57. The SMILES string of the molecule is CNc1cccc(CN2C(=O)COCC2=O)n1. The van der Waals surface area contributed by atoms with Gasteiger partial charge in [0.1, 0.15) is 19.0 Å². The number of hydrogen-bond acceptors (Lipinski definition) is 5. The Labute approximate surface area is 98.6 Å². The Balaban J connectivity index is 2.13. The van der Waals surface area contributed by atoms with E-state index >= 15 is 0 Å². The van der Waals surface area contributed by atoms with E-state index in [0.29, 0.717) is 11.5 Å². The van der Waals surface area contributed by atoms with Crippen molar-refractivity contribution in [1.29, 1.82) is 0 Å². The third-order valence-corrected chi connectivity index (χ3v) is 2.44. The molecule has 2 rings (SSSR count). The van der Waals surface area contributed by atoms with E-state index in [9.17, 15) is 9.59 Å². The topological polar surface area (TPSA) is 71.5 Å². The van der Waals surface area contributed by atoms with E-state index in [2.05, 4.69) is 10.3 Å². The molecule has 6 nitrogen and oxygen atoms in total. The molecule has 0 spiro atoms. The van der Waals surface area contributed by atoms with Gasteiger partial charge < -0.3 is 10.1 Å². The maximum atomic E-state index is 11.5. The maximum Gasteiger partial charge on any atom is 0.255 e. The molecule has 2 heterocycles. The Hall–Kier alpha value is -1.95. The van der Waals surface area contributed by atoms with Crippen molar-refractivity contribution in [2.45, 2.75) is 6.54 Å². The highest BCUT2D eigenvalue weighted by molar-refractivity contribution is 5.98. The average Bonchev–Trinajstić information content (AvgIpc) is 2.34. The molecule has 0 radical (unpaired) electrons. The zero-order valence-corrected chi connectivity index (χ0v) is 9.47. The van der Waals surface area contributed by atoms with E-state index in [1.807, 2.05) is 12.1 Å². The summed E-state index contributed by atoms with van der Waals surface area (Å²) in [6.07, 6.45) is 0. The van der Waals surface area contributed by atoms with Gasteiger partial charge >= 0.3 is 0 Å². The van der Waals surface area contributed by atoms with Gasteiger partial charge in [-0.2, -0.15) is 0 Å². The van der Waals surface area contributed by atoms with Crippen LogP contribution in [0, 0.1) is 0 Å².